The normalized spacial score (nSPS) is 24.6. The molecule has 2 heterocycles. The third-order valence-electron chi connectivity index (χ3n) is 4.99. The smallest absolute Gasteiger partial charge is 0.266 e. The van der Waals surface area contributed by atoms with Gasteiger partial charge in [0.05, 0.1) is 33.4 Å². The van der Waals surface area contributed by atoms with E-state index in [-0.39, 0.29) is 17.9 Å². The van der Waals surface area contributed by atoms with Crippen LogP contribution >= 0.6 is 23.2 Å². The van der Waals surface area contributed by atoms with Crippen molar-refractivity contribution in [3.8, 4) is 0 Å². The van der Waals surface area contributed by atoms with E-state index < -0.39 is 12.0 Å². The van der Waals surface area contributed by atoms with E-state index in [1.54, 1.807) is 47.5 Å². The fourth-order valence-corrected chi connectivity index (χ4v) is 4.08. The van der Waals surface area contributed by atoms with Gasteiger partial charge in [0.15, 0.2) is 6.10 Å². The highest BCUT2D eigenvalue weighted by Crippen LogP contribution is 2.42. The molecule has 3 atom stereocenters. The van der Waals surface area contributed by atoms with Gasteiger partial charge in [0.1, 0.15) is 0 Å². The van der Waals surface area contributed by atoms with Crippen LogP contribution in [0.3, 0.4) is 0 Å². The summed E-state index contributed by atoms with van der Waals surface area (Å²) in [6, 6.07) is 13.9. The quantitative estimate of drug-likeness (QED) is 0.705. The maximum Gasteiger partial charge on any atom is 0.266 e. The summed E-state index contributed by atoms with van der Waals surface area (Å²) >= 11 is 12.1. The molecule has 2 aromatic carbocycles. The van der Waals surface area contributed by atoms with Crippen molar-refractivity contribution in [2.45, 2.75) is 31.9 Å². The van der Waals surface area contributed by atoms with Crippen LogP contribution < -0.4 is 9.96 Å². The zero-order chi connectivity index (χ0) is 19.1. The van der Waals surface area contributed by atoms with E-state index in [0.29, 0.717) is 27.8 Å². The van der Waals surface area contributed by atoms with Crippen molar-refractivity contribution >= 4 is 46.4 Å². The topological polar surface area (TPSA) is 49.9 Å². The Balaban J connectivity index is 1.69. The first-order chi connectivity index (χ1) is 13.0. The Kier molecular flexibility index (Phi) is 4.84. The van der Waals surface area contributed by atoms with E-state index in [4.69, 9.17) is 28.0 Å². The van der Waals surface area contributed by atoms with Gasteiger partial charge in [-0.3, -0.25) is 14.4 Å². The summed E-state index contributed by atoms with van der Waals surface area (Å²) in [4.78, 5) is 33.3. The summed E-state index contributed by atoms with van der Waals surface area (Å²) in [6.45, 7) is 2.04. The minimum Gasteiger partial charge on any atom is -0.273 e. The van der Waals surface area contributed by atoms with Crippen molar-refractivity contribution in [1.82, 2.24) is 0 Å². The number of hydroxylamine groups is 1. The second-order valence-corrected chi connectivity index (χ2v) is 7.49. The van der Waals surface area contributed by atoms with Crippen molar-refractivity contribution < 1.29 is 14.4 Å². The average molecular weight is 405 g/mol. The maximum absolute atomic E-state index is 13.1. The predicted octanol–water partition coefficient (Wildman–Crippen LogP) is 4.47. The molecule has 2 saturated heterocycles. The Morgan fingerprint density at radius 1 is 0.963 bits per heavy atom. The number of hydrogen-bond donors (Lipinski definition) is 0. The zero-order valence-corrected chi connectivity index (χ0v) is 16.2. The minimum absolute atomic E-state index is 0.225. The third kappa shape index (κ3) is 3.00. The molecule has 5 nitrogen and oxygen atoms in total. The lowest BCUT2D eigenvalue weighted by molar-refractivity contribution is -0.126. The summed E-state index contributed by atoms with van der Waals surface area (Å²) in [5, 5.41) is 2.49. The SMILES string of the molecule is CCC[C@H]1[C@@H]2C(=O)N(c3ccccc3)C(=O)[C@@H]2ON1c1ccc(Cl)c(Cl)c1. The molecular weight excluding hydrogens is 387 g/mol. The van der Waals surface area contributed by atoms with Crippen LogP contribution in [-0.2, 0) is 14.4 Å². The van der Waals surface area contributed by atoms with Gasteiger partial charge in [-0.1, -0.05) is 54.7 Å². The zero-order valence-electron chi connectivity index (χ0n) is 14.6. The van der Waals surface area contributed by atoms with Crippen LogP contribution in [0.1, 0.15) is 19.8 Å². The number of halogens is 2. The van der Waals surface area contributed by atoms with E-state index in [0.717, 1.165) is 6.42 Å². The Hall–Kier alpha value is -2.08. The molecule has 0 aromatic heterocycles. The standard InChI is InChI=1S/C20H18Cl2N2O3/c1-2-6-16-17-18(27-24(16)13-9-10-14(21)15(22)11-13)20(26)23(19(17)25)12-7-4-3-5-8-12/h3-5,7-11,16-18H,2,6H2,1H3/t16-,17-,18+/m0/s1. The van der Waals surface area contributed by atoms with Gasteiger partial charge in [0, 0.05) is 0 Å². The predicted molar refractivity (Wildman–Crippen MR) is 105 cm³/mol. The fraction of sp³-hybridized carbons (Fsp3) is 0.300. The molecule has 2 amide bonds. The number of para-hydroxylation sites is 1. The summed E-state index contributed by atoms with van der Waals surface area (Å²) in [6.07, 6.45) is 0.731. The number of imide groups is 1. The number of amides is 2. The second kappa shape index (κ2) is 7.15. The number of hydrogen-bond acceptors (Lipinski definition) is 4. The Bertz CT molecular complexity index is 890. The Morgan fingerprint density at radius 2 is 1.70 bits per heavy atom. The molecule has 140 valence electrons. The van der Waals surface area contributed by atoms with Crippen molar-refractivity contribution in [2.75, 3.05) is 9.96 Å². The number of anilines is 2. The largest absolute Gasteiger partial charge is 0.273 e. The second-order valence-electron chi connectivity index (χ2n) is 6.68. The van der Waals surface area contributed by atoms with Crippen molar-refractivity contribution in [3.05, 3.63) is 58.6 Å². The van der Waals surface area contributed by atoms with Crippen molar-refractivity contribution in [1.29, 1.82) is 0 Å². The minimum atomic E-state index is -0.830. The molecule has 0 radical (unpaired) electrons. The summed E-state index contributed by atoms with van der Waals surface area (Å²) in [5.41, 5.74) is 1.26. The van der Waals surface area contributed by atoms with Crippen LogP contribution in [0.5, 0.6) is 0 Å². The highest BCUT2D eigenvalue weighted by atomic mass is 35.5. The number of rotatable bonds is 4. The van der Waals surface area contributed by atoms with E-state index in [1.165, 1.54) is 4.90 Å². The lowest BCUT2D eigenvalue weighted by Gasteiger charge is -2.28. The monoisotopic (exact) mass is 404 g/mol. The van der Waals surface area contributed by atoms with Crippen molar-refractivity contribution in [3.63, 3.8) is 0 Å². The number of benzene rings is 2. The van der Waals surface area contributed by atoms with Crippen LogP contribution in [0.4, 0.5) is 11.4 Å². The highest BCUT2D eigenvalue weighted by Gasteiger charge is 2.59. The molecule has 0 bridgehead atoms. The molecule has 0 spiro atoms. The number of fused-ring (bicyclic) bond motifs is 1. The molecule has 2 aromatic rings. The van der Waals surface area contributed by atoms with Gasteiger partial charge < -0.3 is 0 Å². The summed E-state index contributed by atoms with van der Waals surface area (Å²) < 4.78 is 0. The molecule has 2 fully saturated rings. The number of carbonyl (C=O) groups is 2. The van der Waals surface area contributed by atoms with E-state index in [9.17, 15) is 9.59 Å². The van der Waals surface area contributed by atoms with E-state index >= 15 is 0 Å². The summed E-state index contributed by atoms with van der Waals surface area (Å²) in [5.74, 6) is -1.11. The molecule has 27 heavy (non-hydrogen) atoms. The Labute approximate surface area is 167 Å². The molecular formula is C20H18Cl2N2O3. The molecule has 2 aliphatic rings. The first-order valence-electron chi connectivity index (χ1n) is 8.87. The van der Waals surface area contributed by atoms with Gasteiger partial charge in [-0.2, -0.15) is 0 Å². The third-order valence-corrected chi connectivity index (χ3v) is 5.73. The molecule has 0 N–H and O–H groups in total. The van der Waals surface area contributed by atoms with Gasteiger partial charge in [-0.15, -0.1) is 0 Å². The molecule has 0 saturated carbocycles. The van der Waals surface area contributed by atoms with Crippen LogP contribution in [0.15, 0.2) is 48.5 Å². The van der Waals surface area contributed by atoms with Crippen LogP contribution in [0.25, 0.3) is 0 Å². The molecule has 7 heteroatoms. The molecule has 0 aliphatic carbocycles. The van der Waals surface area contributed by atoms with Crippen LogP contribution in [-0.4, -0.2) is 24.0 Å². The summed E-state index contributed by atoms with van der Waals surface area (Å²) in [7, 11) is 0. The lowest BCUT2D eigenvalue weighted by atomic mass is 9.93. The maximum atomic E-state index is 13.1. The van der Waals surface area contributed by atoms with Gasteiger partial charge in [-0.25, -0.2) is 9.96 Å². The van der Waals surface area contributed by atoms with Crippen molar-refractivity contribution in [2.24, 2.45) is 5.92 Å². The van der Waals surface area contributed by atoms with E-state index in [1.807, 2.05) is 13.0 Å². The van der Waals surface area contributed by atoms with Gasteiger partial charge in [0.2, 0.25) is 5.91 Å². The Morgan fingerprint density at radius 3 is 2.37 bits per heavy atom. The first-order valence-corrected chi connectivity index (χ1v) is 9.62. The fourth-order valence-electron chi connectivity index (χ4n) is 3.79. The van der Waals surface area contributed by atoms with Gasteiger partial charge >= 0.3 is 0 Å². The van der Waals surface area contributed by atoms with Gasteiger partial charge in [0.25, 0.3) is 5.91 Å². The van der Waals surface area contributed by atoms with Crippen LogP contribution in [0.2, 0.25) is 10.0 Å². The molecule has 0 unspecified atom stereocenters. The molecule has 2 aliphatic heterocycles. The van der Waals surface area contributed by atoms with Crippen LogP contribution in [0, 0.1) is 5.92 Å². The first kappa shape index (κ1) is 18.3. The number of carbonyl (C=O) groups excluding carboxylic acids is 2. The molecule has 4 rings (SSSR count). The van der Waals surface area contributed by atoms with E-state index in [2.05, 4.69) is 0 Å². The lowest BCUT2D eigenvalue weighted by Crippen LogP contribution is -2.40. The average Bonchev–Trinajstić information content (AvgIpc) is 3.15. The highest BCUT2D eigenvalue weighted by molar-refractivity contribution is 6.42. The number of nitrogens with zero attached hydrogens (tertiary/aromatic N) is 2. The van der Waals surface area contributed by atoms with Gasteiger partial charge in [-0.05, 0) is 36.8 Å².